The third-order valence-corrected chi connectivity index (χ3v) is 6.40. The standard InChI is InChI=1S/C28H42N4O6/c1-19(2)24-30-26(38-31-24)32-15-13-20(14-16-32)8-7-17-36-22-11-9-21(10-12-22)18-23(25(33)35-6)29-27(34)37-28(3,4)5/h9-12,19-20,23H,7-8,13-18H2,1-6H3,(H,29,34)/t23-/m0/s1. The molecule has 0 radical (unpaired) electrons. The maximum atomic E-state index is 12.2. The van der Waals surface area contributed by atoms with Gasteiger partial charge in [-0.3, -0.25) is 0 Å². The fourth-order valence-corrected chi connectivity index (χ4v) is 4.31. The second-order valence-electron chi connectivity index (χ2n) is 11.1. The van der Waals surface area contributed by atoms with E-state index in [0.29, 0.717) is 18.5 Å². The number of anilines is 1. The van der Waals surface area contributed by atoms with E-state index in [1.165, 1.54) is 7.11 Å². The predicted octanol–water partition coefficient (Wildman–Crippen LogP) is 4.88. The van der Waals surface area contributed by atoms with E-state index >= 15 is 0 Å². The molecule has 38 heavy (non-hydrogen) atoms. The Kier molecular flexibility index (Phi) is 10.4. The van der Waals surface area contributed by atoms with Gasteiger partial charge >= 0.3 is 18.1 Å². The zero-order valence-electron chi connectivity index (χ0n) is 23.5. The number of nitrogens with one attached hydrogen (secondary N) is 1. The molecular weight excluding hydrogens is 488 g/mol. The van der Waals surface area contributed by atoms with E-state index in [0.717, 1.165) is 55.9 Å². The molecular formula is C28H42N4O6. The largest absolute Gasteiger partial charge is 0.494 e. The number of aromatic nitrogens is 2. The SMILES string of the molecule is COC(=O)[C@H](Cc1ccc(OCCCC2CCN(c3nc(C(C)C)no3)CC2)cc1)NC(=O)OC(C)(C)C. The number of esters is 1. The molecule has 10 nitrogen and oxygen atoms in total. The molecule has 1 aliphatic heterocycles. The van der Waals surface area contributed by atoms with Crippen molar-refractivity contribution >= 4 is 18.1 Å². The number of methoxy groups -OCH3 is 1. The van der Waals surface area contributed by atoms with Gasteiger partial charge in [-0.15, -0.1) is 0 Å². The summed E-state index contributed by atoms with van der Waals surface area (Å²) in [4.78, 5) is 31.0. The molecule has 0 aliphatic carbocycles. The summed E-state index contributed by atoms with van der Waals surface area (Å²) in [5.41, 5.74) is 0.214. The Morgan fingerprint density at radius 1 is 1.16 bits per heavy atom. The second kappa shape index (κ2) is 13.5. The normalized spacial score (nSPS) is 15.3. The minimum Gasteiger partial charge on any atom is -0.494 e. The molecule has 10 heteroatoms. The molecule has 210 valence electrons. The summed E-state index contributed by atoms with van der Waals surface area (Å²) in [5.74, 6) is 1.93. The van der Waals surface area contributed by atoms with Gasteiger partial charge in [-0.25, -0.2) is 9.59 Å². The highest BCUT2D eigenvalue weighted by Crippen LogP contribution is 2.26. The quantitative estimate of drug-likeness (QED) is 0.320. The van der Waals surface area contributed by atoms with Crippen LogP contribution in [-0.2, 0) is 20.7 Å². The summed E-state index contributed by atoms with van der Waals surface area (Å²) in [6.45, 7) is 11.9. The number of carbonyl (C=O) groups is 2. The molecule has 1 aromatic heterocycles. The molecule has 1 atom stereocenters. The number of rotatable bonds is 11. The zero-order valence-corrected chi connectivity index (χ0v) is 23.5. The number of hydrogen-bond acceptors (Lipinski definition) is 9. The lowest BCUT2D eigenvalue weighted by Crippen LogP contribution is -2.45. The van der Waals surface area contributed by atoms with Crippen LogP contribution in [0.2, 0.25) is 0 Å². The Balaban J connectivity index is 1.38. The van der Waals surface area contributed by atoms with Gasteiger partial charge in [-0.1, -0.05) is 31.1 Å². The van der Waals surface area contributed by atoms with Crippen molar-refractivity contribution in [2.75, 3.05) is 31.7 Å². The van der Waals surface area contributed by atoms with Crippen molar-refractivity contribution in [3.8, 4) is 5.75 Å². The first-order valence-corrected chi connectivity index (χ1v) is 13.4. The summed E-state index contributed by atoms with van der Waals surface area (Å²) >= 11 is 0. The number of amides is 1. The Morgan fingerprint density at radius 3 is 2.42 bits per heavy atom. The van der Waals surface area contributed by atoms with Crippen LogP contribution in [0.1, 0.15) is 77.6 Å². The van der Waals surface area contributed by atoms with Crippen molar-refractivity contribution < 1.29 is 28.3 Å². The van der Waals surface area contributed by atoms with E-state index in [1.54, 1.807) is 20.8 Å². The van der Waals surface area contributed by atoms with E-state index in [2.05, 4.69) is 34.2 Å². The monoisotopic (exact) mass is 530 g/mol. The average Bonchev–Trinajstić information content (AvgIpc) is 3.37. The smallest absolute Gasteiger partial charge is 0.408 e. The molecule has 1 aromatic carbocycles. The minimum atomic E-state index is -0.842. The lowest BCUT2D eigenvalue weighted by atomic mass is 9.92. The molecule has 1 fully saturated rings. The van der Waals surface area contributed by atoms with Gasteiger partial charge in [-0.05, 0) is 70.1 Å². The first-order chi connectivity index (χ1) is 18.0. The first kappa shape index (κ1) is 29.3. The van der Waals surface area contributed by atoms with Crippen molar-refractivity contribution in [1.29, 1.82) is 0 Å². The first-order valence-electron chi connectivity index (χ1n) is 13.4. The zero-order chi connectivity index (χ0) is 27.7. The van der Waals surface area contributed by atoms with Crippen LogP contribution in [0.15, 0.2) is 28.8 Å². The summed E-state index contributed by atoms with van der Waals surface area (Å²) < 4.78 is 21.5. The van der Waals surface area contributed by atoms with Crippen LogP contribution in [-0.4, -0.2) is 60.7 Å². The van der Waals surface area contributed by atoms with Gasteiger partial charge in [0.05, 0.1) is 13.7 Å². The van der Waals surface area contributed by atoms with Gasteiger partial charge in [-0.2, -0.15) is 4.98 Å². The number of alkyl carbamates (subject to hydrolysis) is 1. The summed E-state index contributed by atoms with van der Waals surface area (Å²) in [6.07, 6.45) is 3.93. The number of piperidine rings is 1. The van der Waals surface area contributed by atoms with Crippen LogP contribution < -0.4 is 15.0 Å². The van der Waals surface area contributed by atoms with Crippen molar-refractivity contribution in [2.24, 2.45) is 5.92 Å². The fraction of sp³-hybridized carbons (Fsp3) is 0.643. The molecule has 1 aliphatic rings. The van der Waals surface area contributed by atoms with E-state index in [1.807, 2.05) is 24.3 Å². The Morgan fingerprint density at radius 2 is 1.84 bits per heavy atom. The number of nitrogens with zero attached hydrogens (tertiary/aromatic N) is 3. The minimum absolute atomic E-state index is 0.263. The Bertz CT molecular complexity index is 1020. The average molecular weight is 531 g/mol. The number of hydrogen-bond donors (Lipinski definition) is 1. The topological polar surface area (TPSA) is 116 Å². The number of ether oxygens (including phenoxy) is 3. The van der Waals surface area contributed by atoms with Crippen molar-refractivity contribution in [3.63, 3.8) is 0 Å². The molecule has 1 amide bonds. The maximum absolute atomic E-state index is 12.2. The second-order valence-corrected chi connectivity index (χ2v) is 11.1. The molecule has 2 heterocycles. The number of benzene rings is 1. The predicted molar refractivity (Wildman–Crippen MR) is 143 cm³/mol. The highest BCUT2D eigenvalue weighted by atomic mass is 16.6. The lowest BCUT2D eigenvalue weighted by molar-refractivity contribution is -0.143. The Hall–Kier alpha value is -3.30. The summed E-state index contributed by atoms with van der Waals surface area (Å²) in [5, 5.41) is 6.66. The van der Waals surface area contributed by atoms with Crippen molar-refractivity contribution in [3.05, 3.63) is 35.7 Å². The highest BCUT2D eigenvalue weighted by Gasteiger charge is 2.26. The third-order valence-electron chi connectivity index (χ3n) is 6.40. The molecule has 0 saturated carbocycles. The molecule has 1 N–H and O–H groups in total. The molecule has 3 rings (SSSR count). The van der Waals surface area contributed by atoms with Crippen molar-refractivity contribution in [2.45, 2.75) is 84.3 Å². The van der Waals surface area contributed by atoms with Crippen LogP contribution in [0.25, 0.3) is 0 Å². The van der Waals surface area contributed by atoms with Crippen LogP contribution >= 0.6 is 0 Å². The van der Waals surface area contributed by atoms with Gasteiger partial charge in [0.2, 0.25) is 0 Å². The highest BCUT2D eigenvalue weighted by molar-refractivity contribution is 5.81. The molecule has 0 unspecified atom stereocenters. The maximum Gasteiger partial charge on any atom is 0.408 e. The molecule has 2 aromatic rings. The summed E-state index contributed by atoms with van der Waals surface area (Å²) in [7, 11) is 1.29. The molecule has 0 bridgehead atoms. The number of carbonyl (C=O) groups excluding carboxylic acids is 2. The van der Waals surface area contributed by atoms with E-state index < -0.39 is 23.7 Å². The van der Waals surface area contributed by atoms with Crippen molar-refractivity contribution in [1.82, 2.24) is 15.5 Å². The van der Waals surface area contributed by atoms with Gasteiger partial charge in [0.15, 0.2) is 5.82 Å². The van der Waals surface area contributed by atoms with Crippen LogP contribution in [0.3, 0.4) is 0 Å². The van der Waals surface area contributed by atoms with Gasteiger partial charge < -0.3 is 29.0 Å². The van der Waals surface area contributed by atoms with E-state index in [4.69, 9.17) is 18.7 Å². The third kappa shape index (κ3) is 9.22. The lowest BCUT2D eigenvalue weighted by Gasteiger charge is -2.30. The van der Waals surface area contributed by atoms with E-state index in [9.17, 15) is 9.59 Å². The van der Waals surface area contributed by atoms with Crippen LogP contribution in [0.4, 0.5) is 10.8 Å². The van der Waals surface area contributed by atoms with Crippen LogP contribution in [0, 0.1) is 5.92 Å². The Labute approximate surface area is 225 Å². The fourth-order valence-electron chi connectivity index (χ4n) is 4.31. The molecule has 1 saturated heterocycles. The van der Waals surface area contributed by atoms with Crippen LogP contribution in [0.5, 0.6) is 5.75 Å². The van der Waals surface area contributed by atoms with Gasteiger partial charge in [0.1, 0.15) is 17.4 Å². The molecule has 0 spiro atoms. The van der Waals surface area contributed by atoms with E-state index in [-0.39, 0.29) is 12.3 Å². The van der Waals surface area contributed by atoms with Gasteiger partial charge in [0.25, 0.3) is 0 Å². The van der Waals surface area contributed by atoms with Gasteiger partial charge in [0, 0.05) is 25.4 Å². The summed E-state index contributed by atoms with van der Waals surface area (Å²) in [6, 6.07) is 7.33.